The SMILES string of the molecule is C=C/C=C\C(=C)c1ccc(-c2ccccccc(-c3ccc4sc5cc6cc7c(cc6cc5c4c3)oc3ccccc37)/c(=C/C)c2=CC)c2ccccc12. The maximum absolute atomic E-state index is 6.28. The van der Waals surface area contributed by atoms with Crippen molar-refractivity contribution in [3.05, 3.63) is 187 Å². The molecule has 0 N–H and O–H groups in total. The van der Waals surface area contributed by atoms with Gasteiger partial charge in [-0.1, -0.05) is 141 Å². The maximum atomic E-state index is 6.28. The summed E-state index contributed by atoms with van der Waals surface area (Å²) in [5.74, 6) is 0. The lowest BCUT2D eigenvalue weighted by molar-refractivity contribution is 0.669. The molecule has 1 nitrogen and oxygen atoms in total. The number of hydrogen-bond acceptors (Lipinski definition) is 2. The lowest BCUT2D eigenvalue weighted by Gasteiger charge is -2.13. The first kappa shape index (κ1) is 33.4. The van der Waals surface area contributed by atoms with Gasteiger partial charge in [0.15, 0.2) is 0 Å². The van der Waals surface area contributed by atoms with E-state index in [0.717, 1.165) is 33.1 Å². The van der Waals surface area contributed by atoms with E-state index in [9.17, 15) is 0 Å². The van der Waals surface area contributed by atoms with Crippen LogP contribution in [-0.2, 0) is 0 Å². The van der Waals surface area contributed by atoms with Gasteiger partial charge in [0.05, 0.1) is 0 Å². The van der Waals surface area contributed by atoms with Crippen LogP contribution in [0.4, 0.5) is 0 Å². The molecule has 0 aliphatic carbocycles. The highest BCUT2D eigenvalue weighted by Crippen LogP contribution is 2.40. The van der Waals surface area contributed by atoms with E-state index in [-0.39, 0.29) is 0 Å². The van der Waals surface area contributed by atoms with Crippen molar-refractivity contribution in [2.75, 3.05) is 0 Å². The Labute approximate surface area is 318 Å². The predicted molar refractivity (Wildman–Crippen MR) is 238 cm³/mol. The molecule has 0 radical (unpaired) electrons. The topological polar surface area (TPSA) is 13.1 Å². The van der Waals surface area contributed by atoms with Gasteiger partial charge in [-0.05, 0) is 122 Å². The molecule has 2 aromatic heterocycles. The molecule has 0 fully saturated rings. The van der Waals surface area contributed by atoms with Crippen molar-refractivity contribution < 1.29 is 4.42 Å². The summed E-state index contributed by atoms with van der Waals surface area (Å²) in [6, 6.07) is 50.5. The van der Waals surface area contributed by atoms with Crippen molar-refractivity contribution in [3.8, 4) is 22.3 Å². The molecular weight excluding hydrogens is 673 g/mol. The summed E-state index contributed by atoms with van der Waals surface area (Å²) < 4.78 is 8.85. The van der Waals surface area contributed by atoms with Gasteiger partial charge in [0.2, 0.25) is 0 Å². The zero-order chi connectivity index (χ0) is 36.8. The van der Waals surface area contributed by atoms with Gasteiger partial charge in [-0.2, -0.15) is 0 Å². The molecule has 0 saturated heterocycles. The van der Waals surface area contributed by atoms with Crippen LogP contribution in [0.3, 0.4) is 0 Å². The summed E-state index contributed by atoms with van der Waals surface area (Å²) in [5.41, 5.74) is 8.64. The van der Waals surface area contributed by atoms with Crippen LogP contribution < -0.4 is 10.4 Å². The van der Waals surface area contributed by atoms with Gasteiger partial charge in [-0.15, -0.1) is 11.3 Å². The zero-order valence-electron chi connectivity index (χ0n) is 30.4. The van der Waals surface area contributed by atoms with Gasteiger partial charge >= 0.3 is 0 Å². The van der Waals surface area contributed by atoms with Crippen LogP contribution in [0.25, 0.3) is 104 Å². The number of allylic oxidation sites excluding steroid dienone is 4. The van der Waals surface area contributed by atoms with E-state index in [1.54, 1.807) is 6.08 Å². The first-order valence-corrected chi connectivity index (χ1v) is 19.2. The quantitative estimate of drug-likeness (QED) is 0.162. The van der Waals surface area contributed by atoms with Crippen molar-refractivity contribution in [1.82, 2.24) is 0 Å². The van der Waals surface area contributed by atoms with E-state index in [1.807, 2.05) is 35.6 Å². The second-order valence-electron chi connectivity index (χ2n) is 13.6. The Bertz CT molecular complexity index is 3220. The van der Waals surface area contributed by atoms with Gasteiger partial charge in [0.25, 0.3) is 0 Å². The van der Waals surface area contributed by atoms with Crippen LogP contribution in [-0.4, -0.2) is 0 Å². The third kappa shape index (κ3) is 5.64. The fraction of sp³-hybridized carbons (Fsp3) is 0.0385. The molecule has 0 aliphatic rings. The summed E-state index contributed by atoms with van der Waals surface area (Å²) in [7, 11) is 0. The molecule has 258 valence electrons. The standard InChI is InChI=1S/C52H38OS/c1-5-8-17-33(4)39-25-26-44(43-21-14-13-20-42(39)43)41-19-12-10-9-11-18-40(37(6-2)38(41)7-3)34-24-27-51-47(28-34)48-30-35-31-50-46(29-36(35)32-52(48)54-51)45-22-15-16-23-49(45)53-50/h5-32H,1,4H2,2-3H3/b11-9?,12-10?,17-8-,37-6+,38-7?,40-18?,41-19?. The minimum absolute atomic E-state index is 0.924. The van der Waals surface area contributed by atoms with Crippen LogP contribution in [0.15, 0.2) is 175 Å². The van der Waals surface area contributed by atoms with Crippen molar-refractivity contribution in [2.24, 2.45) is 0 Å². The fourth-order valence-corrected chi connectivity index (χ4v) is 9.12. The molecule has 7 aromatic carbocycles. The molecule has 0 saturated carbocycles. The predicted octanol–water partition coefficient (Wildman–Crippen LogP) is 14.1. The maximum Gasteiger partial charge on any atom is 0.136 e. The van der Waals surface area contributed by atoms with E-state index in [2.05, 4.69) is 167 Å². The molecule has 54 heavy (non-hydrogen) atoms. The highest BCUT2D eigenvalue weighted by Gasteiger charge is 2.14. The minimum Gasteiger partial charge on any atom is -0.456 e. The van der Waals surface area contributed by atoms with Crippen molar-refractivity contribution >= 4 is 92.7 Å². The van der Waals surface area contributed by atoms with Gasteiger partial charge in [0.1, 0.15) is 11.2 Å². The molecule has 0 atom stereocenters. The summed E-state index contributed by atoms with van der Waals surface area (Å²) in [6.45, 7) is 12.5. The van der Waals surface area contributed by atoms with Crippen LogP contribution in [0.1, 0.15) is 19.4 Å². The summed E-state index contributed by atoms with van der Waals surface area (Å²) in [5, 5.41) is 12.0. The highest BCUT2D eigenvalue weighted by atomic mass is 32.1. The molecule has 0 unspecified atom stereocenters. The van der Waals surface area contributed by atoms with Gasteiger partial charge in [0, 0.05) is 30.9 Å². The van der Waals surface area contributed by atoms with E-state index in [1.165, 1.54) is 74.4 Å². The van der Waals surface area contributed by atoms with E-state index in [4.69, 9.17) is 4.42 Å². The van der Waals surface area contributed by atoms with Crippen molar-refractivity contribution in [1.29, 1.82) is 0 Å². The Morgan fingerprint density at radius 1 is 0.537 bits per heavy atom. The molecule has 2 heteroatoms. The molecule has 9 aromatic rings. The third-order valence-corrected chi connectivity index (χ3v) is 11.7. The number of benzene rings is 6. The van der Waals surface area contributed by atoms with E-state index >= 15 is 0 Å². The van der Waals surface area contributed by atoms with Gasteiger partial charge in [-0.3, -0.25) is 0 Å². The second-order valence-corrected chi connectivity index (χ2v) is 14.7. The molecule has 0 aliphatic heterocycles. The lowest BCUT2D eigenvalue weighted by atomic mass is 9.91. The Morgan fingerprint density at radius 3 is 2.00 bits per heavy atom. The Hall–Kier alpha value is -6.48. The summed E-state index contributed by atoms with van der Waals surface area (Å²) in [4.78, 5) is 0. The van der Waals surface area contributed by atoms with Crippen LogP contribution in [0.5, 0.6) is 0 Å². The highest BCUT2D eigenvalue weighted by molar-refractivity contribution is 7.25. The lowest BCUT2D eigenvalue weighted by Crippen LogP contribution is -2.27. The number of hydrogen-bond donors (Lipinski definition) is 0. The first-order chi connectivity index (χ1) is 26.6. The Balaban J connectivity index is 1.26. The molecule has 0 bridgehead atoms. The summed E-state index contributed by atoms with van der Waals surface area (Å²) in [6.07, 6.45) is 10.3. The average Bonchev–Trinajstić information content (AvgIpc) is 3.75. The third-order valence-electron chi connectivity index (χ3n) is 10.5. The normalized spacial score (nSPS) is 12.6. The largest absolute Gasteiger partial charge is 0.456 e. The monoisotopic (exact) mass is 710 g/mol. The van der Waals surface area contributed by atoms with Crippen LogP contribution in [0, 0.1) is 0 Å². The molecule has 0 spiro atoms. The average molecular weight is 711 g/mol. The van der Waals surface area contributed by atoms with Crippen LogP contribution in [0.2, 0.25) is 0 Å². The van der Waals surface area contributed by atoms with Crippen molar-refractivity contribution in [2.45, 2.75) is 13.8 Å². The zero-order valence-corrected chi connectivity index (χ0v) is 31.2. The second kappa shape index (κ2) is 13.8. The number of para-hydroxylation sites is 1. The van der Waals surface area contributed by atoms with Gasteiger partial charge < -0.3 is 4.42 Å². The Morgan fingerprint density at radius 2 is 1.20 bits per heavy atom. The van der Waals surface area contributed by atoms with E-state index in [0.29, 0.717) is 0 Å². The smallest absolute Gasteiger partial charge is 0.136 e. The van der Waals surface area contributed by atoms with Crippen LogP contribution >= 0.6 is 11.3 Å². The van der Waals surface area contributed by atoms with Gasteiger partial charge in [-0.25, -0.2) is 0 Å². The van der Waals surface area contributed by atoms with E-state index < -0.39 is 0 Å². The Kier molecular flexibility index (Phi) is 8.54. The number of rotatable bonds is 5. The molecule has 2 heterocycles. The fourth-order valence-electron chi connectivity index (χ4n) is 8.01. The number of fused-ring (bicyclic) bond motifs is 8. The summed E-state index contributed by atoms with van der Waals surface area (Å²) >= 11 is 1.86. The first-order valence-electron chi connectivity index (χ1n) is 18.4. The molecule has 0 amide bonds. The molecular formula is C52H38OS. The number of thiophene rings is 1. The number of furan rings is 1. The molecule has 9 rings (SSSR count). The minimum atomic E-state index is 0.924. The van der Waals surface area contributed by atoms with Crippen molar-refractivity contribution in [3.63, 3.8) is 0 Å².